The number of carbonyl (C=O) groups is 1. The van der Waals surface area contributed by atoms with Gasteiger partial charge in [-0.1, -0.05) is 12.8 Å². The molecule has 3 fully saturated rings. The van der Waals surface area contributed by atoms with E-state index in [0.29, 0.717) is 24.5 Å². The van der Waals surface area contributed by atoms with Gasteiger partial charge in [0, 0.05) is 18.2 Å². The molecule has 0 spiro atoms. The number of fused-ring (bicyclic) bond motifs is 1. The monoisotopic (exact) mass is 272 g/mol. The van der Waals surface area contributed by atoms with Gasteiger partial charge in [-0.2, -0.15) is 0 Å². The molecule has 5 nitrogen and oxygen atoms in total. The zero-order valence-electron chi connectivity index (χ0n) is 11.6. The molecule has 1 aromatic rings. The SMILES string of the molecule is O=C1CN(c2ccnc(C3CC3)n2)C2CCCCC2N1. The predicted octanol–water partition coefficient (Wildman–Crippen LogP) is 1.60. The molecule has 106 valence electrons. The highest BCUT2D eigenvalue weighted by molar-refractivity contribution is 5.83. The van der Waals surface area contributed by atoms with Crippen LogP contribution in [0.5, 0.6) is 0 Å². The molecule has 1 aliphatic heterocycles. The summed E-state index contributed by atoms with van der Waals surface area (Å²) in [6.07, 6.45) is 8.95. The van der Waals surface area contributed by atoms with Crippen LogP contribution >= 0.6 is 0 Å². The highest BCUT2D eigenvalue weighted by Crippen LogP contribution is 2.38. The molecule has 2 atom stereocenters. The molecule has 2 heterocycles. The molecule has 0 aromatic carbocycles. The Balaban J connectivity index is 1.64. The van der Waals surface area contributed by atoms with E-state index < -0.39 is 0 Å². The lowest BCUT2D eigenvalue weighted by Gasteiger charge is -2.44. The van der Waals surface area contributed by atoms with Crippen molar-refractivity contribution in [3.8, 4) is 0 Å². The van der Waals surface area contributed by atoms with Gasteiger partial charge in [0.25, 0.3) is 0 Å². The molecule has 0 radical (unpaired) electrons. The summed E-state index contributed by atoms with van der Waals surface area (Å²) in [6, 6.07) is 2.66. The topological polar surface area (TPSA) is 58.1 Å². The first-order valence-electron chi connectivity index (χ1n) is 7.70. The Labute approximate surface area is 118 Å². The number of hydrogen-bond acceptors (Lipinski definition) is 4. The smallest absolute Gasteiger partial charge is 0.239 e. The minimum absolute atomic E-state index is 0.125. The van der Waals surface area contributed by atoms with Crippen LogP contribution in [0.3, 0.4) is 0 Å². The molecule has 1 saturated heterocycles. The van der Waals surface area contributed by atoms with Crippen molar-refractivity contribution in [1.82, 2.24) is 15.3 Å². The number of nitrogens with one attached hydrogen (secondary N) is 1. The Hall–Kier alpha value is -1.65. The second kappa shape index (κ2) is 4.72. The number of rotatable bonds is 2. The molecular formula is C15H20N4O. The fraction of sp³-hybridized carbons (Fsp3) is 0.667. The number of hydrogen-bond donors (Lipinski definition) is 1. The molecule has 0 bridgehead atoms. The lowest BCUT2D eigenvalue weighted by atomic mass is 9.87. The number of anilines is 1. The van der Waals surface area contributed by atoms with Gasteiger partial charge in [0.1, 0.15) is 11.6 Å². The molecular weight excluding hydrogens is 252 g/mol. The van der Waals surface area contributed by atoms with Crippen molar-refractivity contribution in [2.24, 2.45) is 0 Å². The van der Waals surface area contributed by atoms with Gasteiger partial charge in [-0.25, -0.2) is 9.97 Å². The van der Waals surface area contributed by atoms with E-state index in [-0.39, 0.29) is 5.91 Å². The molecule has 2 saturated carbocycles. The Morgan fingerprint density at radius 1 is 1.20 bits per heavy atom. The van der Waals surface area contributed by atoms with Crippen LogP contribution in [0.1, 0.15) is 50.3 Å². The van der Waals surface area contributed by atoms with E-state index in [1.165, 1.54) is 25.7 Å². The molecule has 1 amide bonds. The van der Waals surface area contributed by atoms with Crippen molar-refractivity contribution in [2.75, 3.05) is 11.4 Å². The largest absolute Gasteiger partial charge is 0.350 e. The van der Waals surface area contributed by atoms with E-state index in [4.69, 9.17) is 4.98 Å². The molecule has 2 unspecified atom stereocenters. The zero-order valence-corrected chi connectivity index (χ0v) is 11.6. The predicted molar refractivity (Wildman–Crippen MR) is 75.5 cm³/mol. The normalized spacial score (nSPS) is 29.8. The van der Waals surface area contributed by atoms with Crippen molar-refractivity contribution in [1.29, 1.82) is 0 Å². The summed E-state index contributed by atoms with van der Waals surface area (Å²) in [5, 5.41) is 3.14. The van der Waals surface area contributed by atoms with Gasteiger partial charge >= 0.3 is 0 Å². The number of aromatic nitrogens is 2. The second-order valence-electron chi connectivity index (χ2n) is 6.20. The summed E-state index contributed by atoms with van der Waals surface area (Å²) in [6.45, 7) is 0.433. The Morgan fingerprint density at radius 3 is 2.90 bits per heavy atom. The average Bonchev–Trinajstić information content (AvgIpc) is 3.31. The van der Waals surface area contributed by atoms with Gasteiger partial charge in [0.2, 0.25) is 5.91 Å². The number of carbonyl (C=O) groups excluding carboxylic acids is 1. The van der Waals surface area contributed by atoms with E-state index in [0.717, 1.165) is 24.5 Å². The van der Waals surface area contributed by atoms with Crippen LogP contribution in [-0.4, -0.2) is 34.5 Å². The molecule has 2 aliphatic carbocycles. The van der Waals surface area contributed by atoms with Crippen molar-refractivity contribution >= 4 is 11.7 Å². The fourth-order valence-corrected chi connectivity index (χ4v) is 3.49. The van der Waals surface area contributed by atoms with Gasteiger partial charge in [0.05, 0.1) is 12.6 Å². The van der Waals surface area contributed by atoms with Crippen molar-refractivity contribution in [2.45, 2.75) is 56.5 Å². The van der Waals surface area contributed by atoms with Crippen LogP contribution in [-0.2, 0) is 4.79 Å². The van der Waals surface area contributed by atoms with Crippen LogP contribution in [0.2, 0.25) is 0 Å². The first kappa shape index (κ1) is 12.1. The molecule has 5 heteroatoms. The molecule has 4 rings (SSSR count). The lowest BCUT2D eigenvalue weighted by molar-refractivity contribution is -0.122. The van der Waals surface area contributed by atoms with E-state index in [9.17, 15) is 4.79 Å². The maximum Gasteiger partial charge on any atom is 0.239 e. The summed E-state index contributed by atoms with van der Waals surface area (Å²) in [4.78, 5) is 23.2. The highest BCUT2D eigenvalue weighted by Gasteiger charge is 2.37. The van der Waals surface area contributed by atoms with Gasteiger partial charge in [-0.05, 0) is 31.7 Å². The summed E-state index contributed by atoms with van der Waals surface area (Å²) in [5.74, 6) is 2.57. The Kier molecular flexibility index (Phi) is 2.86. The van der Waals surface area contributed by atoms with Crippen LogP contribution in [0.4, 0.5) is 5.82 Å². The standard InChI is InChI=1S/C15H20N4O/c20-14-9-19(12-4-2-1-3-11(12)17-14)13-7-8-16-15(18-13)10-5-6-10/h7-8,10-12H,1-6,9H2,(H,17,20). The Morgan fingerprint density at radius 2 is 2.05 bits per heavy atom. The third-order valence-corrected chi connectivity index (χ3v) is 4.69. The average molecular weight is 272 g/mol. The van der Waals surface area contributed by atoms with Crippen LogP contribution < -0.4 is 10.2 Å². The van der Waals surface area contributed by atoms with Crippen molar-refractivity contribution in [3.63, 3.8) is 0 Å². The van der Waals surface area contributed by atoms with E-state index >= 15 is 0 Å². The van der Waals surface area contributed by atoms with Crippen molar-refractivity contribution < 1.29 is 4.79 Å². The molecule has 20 heavy (non-hydrogen) atoms. The fourth-order valence-electron chi connectivity index (χ4n) is 3.49. The minimum atomic E-state index is 0.125. The molecule has 1 aromatic heterocycles. The van der Waals surface area contributed by atoms with E-state index in [1.807, 2.05) is 12.3 Å². The Bertz CT molecular complexity index is 528. The maximum absolute atomic E-state index is 11.9. The second-order valence-corrected chi connectivity index (χ2v) is 6.20. The lowest BCUT2D eigenvalue weighted by Crippen LogP contribution is -2.62. The summed E-state index contributed by atoms with van der Waals surface area (Å²) >= 11 is 0. The van der Waals surface area contributed by atoms with Crippen molar-refractivity contribution in [3.05, 3.63) is 18.1 Å². The minimum Gasteiger partial charge on any atom is -0.350 e. The number of piperazine rings is 1. The quantitative estimate of drug-likeness (QED) is 0.888. The van der Waals surface area contributed by atoms with Crippen LogP contribution in [0.25, 0.3) is 0 Å². The first-order chi connectivity index (χ1) is 9.81. The first-order valence-corrected chi connectivity index (χ1v) is 7.70. The number of amides is 1. The van der Waals surface area contributed by atoms with E-state index in [2.05, 4.69) is 15.2 Å². The van der Waals surface area contributed by atoms with Gasteiger partial charge in [-0.15, -0.1) is 0 Å². The van der Waals surface area contributed by atoms with Gasteiger partial charge in [-0.3, -0.25) is 4.79 Å². The van der Waals surface area contributed by atoms with Crippen LogP contribution in [0, 0.1) is 0 Å². The molecule has 1 N–H and O–H groups in total. The summed E-state index contributed by atoms with van der Waals surface area (Å²) in [5.41, 5.74) is 0. The number of nitrogens with zero attached hydrogens (tertiary/aromatic N) is 3. The summed E-state index contributed by atoms with van der Waals surface area (Å²) < 4.78 is 0. The van der Waals surface area contributed by atoms with Gasteiger partial charge < -0.3 is 10.2 Å². The van der Waals surface area contributed by atoms with Crippen LogP contribution in [0.15, 0.2) is 12.3 Å². The highest BCUT2D eigenvalue weighted by atomic mass is 16.2. The zero-order chi connectivity index (χ0) is 13.5. The van der Waals surface area contributed by atoms with Gasteiger partial charge in [0.15, 0.2) is 0 Å². The molecule has 3 aliphatic rings. The third-order valence-electron chi connectivity index (χ3n) is 4.69. The maximum atomic E-state index is 11.9. The summed E-state index contributed by atoms with van der Waals surface area (Å²) in [7, 11) is 0. The van der Waals surface area contributed by atoms with E-state index in [1.54, 1.807) is 0 Å². The third kappa shape index (κ3) is 2.15.